The highest BCUT2D eigenvalue weighted by Crippen LogP contribution is 2.22. The monoisotopic (exact) mass is 717 g/mol. The molecule has 0 aromatic carbocycles. The summed E-state index contributed by atoms with van der Waals surface area (Å²) in [6, 6.07) is 0. The Bertz CT molecular complexity index is 737. The summed E-state index contributed by atoms with van der Waals surface area (Å²) >= 11 is 0. The Hall–Kier alpha value is -0.810. The van der Waals surface area contributed by atoms with E-state index < -0.39 is 43.4 Å². The standard InChI is InChI=1S/C41H80O9/c1-3-5-7-9-11-13-15-16-17-18-19-20-21-22-24-26-28-30-37(43)49-35(33-47-31-29-27-25-23-14-12-10-8-6-4-2)34-48-41-40(46)39(45)38(44)36(32-42)50-41/h35-36,38-42,44-46H,3-34H2,1-2H3. The van der Waals surface area contributed by atoms with E-state index in [0.29, 0.717) is 13.0 Å². The lowest BCUT2D eigenvalue weighted by Gasteiger charge is -2.39. The first kappa shape index (κ1) is 47.2. The van der Waals surface area contributed by atoms with Crippen molar-refractivity contribution in [3.05, 3.63) is 0 Å². The summed E-state index contributed by atoms with van der Waals surface area (Å²) in [6.45, 7) is 4.58. The Morgan fingerprint density at radius 1 is 0.560 bits per heavy atom. The molecular formula is C41H80O9. The fourth-order valence-corrected chi connectivity index (χ4v) is 6.67. The summed E-state index contributed by atoms with van der Waals surface area (Å²) in [5.41, 5.74) is 0. The maximum absolute atomic E-state index is 12.7. The maximum atomic E-state index is 12.7. The zero-order chi connectivity index (χ0) is 36.5. The van der Waals surface area contributed by atoms with Gasteiger partial charge in [-0.2, -0.15) is 0 Å². The summed E-state index contributed by atoms with van der Waals surface area (Å²) in [4.78, 5) is 12.7. The molecule has 0 saturated carbocycles. The third-order valence-electron chi connectivity index (χ3n) is 10.0. The van der Waals surface area contributed by atoms with E-state index in [9.17, 15) is 25.2 Å². The zero-order valence-corrected chi connectivity index (χ0v) is 32.4. The molecule has 298 valence electrons. The predicted molar refractivity (Wildman–Crippen MR) is 201 cm³/mol. The van der Waals surface area contributed by atoms with Crippen molar-refractivity contribution in [1.82, 2.24) is 0 Å². The fraction of sp³-hybridized carbons (Fsp3) is 0.976. The molecule has 9 heteroatoms. The van der Waals surface area contributed by atoms with E-state index in [0.717, 1.165) is 32.1 Å². The summed E-state index contributed by atoms with van der Waals surface area (Å²) in [5, 5.41) is 40.0. The zero-order valence-electron chi connectivity index (χ0n) is 32.4. The van der Waals surface area contributed by atoms with Gasteiger partial charge in [-0.3, -0.25) is 4.79 Å². The van der Waals surface area contributed by atoms with Crippen molar-refractivity contribution in [2.24, 2.45) is 0 Å². The van der Waals surface area contributed by atoms with Gasteiger partial charge < -0.3 is 39.4 Å². The predicted octanol–water partition coefficient (Wildman–Crippen LogP) is 8.69. The molecule has 1 saturated heterocycles. The topological polar surface area (TPSA) is 135 Å². The second-order valence-corrected chi connectivity index (χ2v) is 14.8. The van der Waals surface area contributed by atoms with Gasteiger partial charge in [0.1, 0.15) is 30.5 Å². The molecule has 4 N–H and O–H groups in total. The second kappa shape index (κ2) is 34.0. The molecule has 1 fully saturated rings. The molecule has 9 nitrogen and oxygen atoms in total. The normalized spacial score (nSPS) is 21.4. The SMILES string of the molecule is CCCCCCCCCCCCCCCCCCCC(=O)OC(COCCCCCCCCCCCC)COC1OC(CO)C(O)C(O)C1O. The van der Waals surface area contributed by atoms with Crippen LogP contribution in [0.2, 0.25) is 0 Å². The van der Waals surface area contributed by atoms with Crippen molar-refractivity contribution < 1.29 is 44.2 Å². The van der Waals surface area contributed by atoms with E-state index in [1.807, 2.05) is 0 Å². The van der Waals surface area contributed by atoms with Crippen molar-refractivity contribution >= 4 is 5.97 Å². The number of carbonyl (C=O) groups excluding carboxylic acids is 1. The van der Waals surface area contributed by atoms with Crippen molar-refractivity contribution in [2.45, 2.75) is 230 Å². The summed E-state index contributed by atoms with van der Waals surface area (Å²) in [6.07, 6.45) is 27.0. The molecule has 50 heavy (non-hydrogen) atoms. The lowest BCUT2D eigenvalue weighted by Crippen LogP contribution is -2.59. The number of rotatable bonds is 36. The van der Waals surface area contributed by atoms with Crippen molar-refractivity contribution in [3.8, 4) is 0 Å². The minimum absolute atomic E-state index is 0.106. The van der Waals surface area contributed by atoms with Crippen molar-refractivity contribution in [1.29, 1.82) is 0 Å². The Morgan fingerprint density at radius 2 is 0.980 bits per heavy atom. The van der Waals surface area contributed by atoms with E-state index in [1.54, 1.807) is 0 Å². The Balaban J connectivity index is 2.25. The molecule has 0 amide bonds. The first-order valence-corrected chi connectivity index (χ1v) is 21.1. The highest BCUT2D eigenvalue weighted by atomic mass is 16.7. The van der Waals surface area contributed by atoms with Crippen LogP contribution in [0.25, 0.3) is 0 Å². The van der Waals surface area contributed by atoms with Crippen molar-refractivity contribution in [3.63, 3.8) is 0 Å². The Kier molecular flexibility index (Phi) is 32.1. The van der Waals surface area contributed by atoms with Gasteiger partial charge in [0, 0.05) is 13.0 Å². The van der Waals surface area contributed by atoms with Crippen LogP contribution in [-0.2, 0) is 23.7 Å². The Labute approximate surface area is 306 Å². The first-order valence-electron chi connectivity index (χ1n) is 21.1. The van der Waals surface area contributed by atoms with E-state index >= 15 is 0 Å². The molecule has 1 heterocycles. The Morgan fingerprint density at radius 3 is 1.42 bits per heavy atom. The van der Waals surface area contributed by atoms with Crippen LogP contribution in [0.3, 0.4) is 0 Å². The third-order valence-corrected chi connectivity index (χ3v) is 10.0. The summed E-state index contributed by atoms with van der Waals surface area (Å²) in [5.74, 6) is -0.309. The lowest BCUT2D eigenvalue weighted by molar-refractivity contribution is -0.305. The van der Waals surface area contributed by atoms with Gasteiger partial charge in [-0.25, -0.2) is 0 Å². The van der Waals surface area contributed by atoms with Gasteiger partial charge in [0.05, 0.1) is 19.8 Å². The van der Waals surface area contributed by atoms with Crippen LogP contribution in [0.15, 0.2) is 0 Å². The first-order chi connectivity index (χ1) is 24.4. The van der Waals surface area contributed by atoms with Crippen LogP contribution in [0.1, 0.15) is 194 Å². The number of unbranched alkanes of at least 4 members (excludes halogenated alkanes) is 25. The molecule has 1 aliphatic rings. The van der Waals surface area contributed by atoms with Crippen LogP contribution >= 0.6 is 0 Å². The van der Waals surface area contributed by atoms with Crippen LogP contribution in [-0.4, -0.2) is 89.6 Å². The quantitative estimate of drug-likeness (QED) is 0.0371. The minimum Gasteiger partial charge on any atom is -0.457 e. The number of ether oxygens (including phenoxy) is 4. The average molecular weight is 717 g/mol. The van der Waals surface area contributed by atoms with Crippen LogP contribution in [0, 0.1) is 0 Å². The summed E-state index contributed by atoms with van der Waals surface area (Å²) < 4.78 is 22.7. The smallest absolute Gasteiger partial charge is 0.306 e. The molecule has 0 aromatic heterocycles. The van der Waals surface area contributed by atoms with Gasteiger partial charge in [0.2, 0.25) is 0 Å². The number of hydrogen-bond donors (Lipinski definition) is 4. The van der Waals surface area contributed by atoms with Crippen LogP contribution in [0.5, 0.6) is 0 Å². The third kappa shape index (κ3) is 25.2. The number of hydrogen-bond acceptors (Lipinski definition) is 9. The molecule has 6 atom stereocenters. The van der Waals surface area contributed by atoms with Gasteiger partial charge >= 0.3 is 5.97 Å². The molecule has 1 aliphatic heterocycles. The largest absolute Gasteiger partial charge is 0.457 e. The fourth-order valence-electron chi connectivity index (χ4n) is 6.67. The summed E-state index contributed by atoms with van der Waals surface area (Å²) in [7, 11) is 0. The molecular weight excluding hydrogens is 636 g/mol. The molecule has 0 bridgehead atoms. The van der Waals surface area contributed by atoms with Gasteiger partial charge in [-0.1, -0.05) is 174 Å². The average Bonchev–Trinajstić information content (AvgIpc) is 3.11. The second-order valence-electron chi connectivity index (χ2n) is 14.8. The number of aliphatic hydroxyl groups is 4. The van der Waals surface area contributed by atoms with Crippen LogP contribution < -0.4 is 0 Å². The van der Waals surface area contributed by atoms with Crippen molar-refractivity contribution in [2.75, 3.05) is 26.4 Å². The minimum atomic E-state index is -1.53. The number of carbonyl (C=O) groups is 1. The van der Waals surface area contributed by atoms with Crippen LogP contribution in [0.4, 0.5) is 0 Å². The molecule has 0 aromatic rings. The molecule has 0 radical (unpaired) electrons. The van der Waals surface area contributed by atoms with Gasteiger partial charge in [0.25, 0.3) is 0 Å². The highest BCUT2D eigenvalue weighted by Gasteiger charge is 2.44. The number of esters is 1. The lowest BCUT2D eigenvalue weighted by atomic mass is 9.99. The highest BCUT2D eigenvalue weighted by molar-refractivity contribution is 5.69. The number of aliphatic hydroxyl groups excluding tert-OH is 4. The van der Waals surface area contributed by atoms with E-state index in [4.69, 9.17) is 18.9 Å². The van der Waals surface area contributed by atoms with Gasteiger partial charge in [-0.05, 0) is 12.8 Å². The van der Waals surface area contributed by atoms with Gasteiger partial charge in [0.15, 0.2) is 6.29 Å². The van der Waals surface area contributed by atoms with E-state index in [-0.39, 0.29) is 19.2 Å². The maximum Gasteiger partial charge on any atom is 0.306 e. The van der Waals surface area contributed by atoms with Gasteiger partial charge in [-0.15, -0.1) is 0 Å². The van der Waals surface area contributed by atoms with E-state index in [1.165, 1.54) is 141 Å². The van der Waals surface area contributed by atoms with E-state index in [2.05, 4.69) is 13.8 Å². The molecule has 0 spiro atoms. The molecule has 0 aliphatic carbocycles. The molecule has 6 unspecified atom stereocenters. The molecule has 1 rings (SSSR count).